The Morgan fingerprint density at radius 1 is 0.966 bits per heavy atom. The smallest absolute Gasteiger partial charge is 0.251 e. The van der Waals surface area contributed by atoms with Crippen LogP contribution >= 0.6 is 0 Å². The molecule has 2 aromatic carbocycles. The molecule has 1 unspecified atom stereocenters. The fraction of sp³-hybridized carbons (Fsp3) is 0.348. The summed E-state index contributed by atoms with van der Waals surface area (Å²) in [5, 5.41) is 5.81. The zero-order chi connectivity index (χ0) is 20.6. The molecule has 1 aliphatic rings. The summed E-state index contributed by atoms with van der Waals surface area (Å²) in [5.41, 5.74) is 1.37. The molecule has 0 saturated carbocycles. The van der Waals surface area contributed by atoms with Gasteiger partial charge in [-0.05, 0) is 44.0 Å². The molecular formula is C23H27N3O3. The van der Waals surface area contributed by atoms with Crippen molar-refractivity contribution < 1.29 is 14.4 Å². The summed E-state index contributed by atoms with van der Waals surface area (Å²) in [4.78, 5) is 39.0. The van der Waals surface area contributed by atoms with Crippen molar-refractivity contribution in [3.8, 4) is 0 Å². The molecule has 0 radical (unpaired) electrons. The van der Waals surface area contributed by atoms with Crippen LogP contribution in [0.2, 0.25) is 0 Å². The van der Waals surface area contributed by atoms with Crippen molar-refractivity contribution in [3.05, 3.63) is 66.2 Å². The number of para-hydroxylation sites is 1. The van der Waals surface area contributed by atoms with Gasteiger partial charge in [0.05, 0.1) is 0 Å². The summed E-state index contributed by atoms with van der Waals surface area (Å²) in [6.45, 7) is 2.95. The molecular weight excluding hydrogens is 366 g/mol. The van der Waals surface area contributed by atoms with Gasteiger partial charge in [-0.2, -0.15) is 0 Å². The summed E-state index contributed by atoms with van der Waals surface area (Å²) < 4.78 is 0. The van der Waals surface area contributed by atoms with E-state index in [-0.39, 0.29) is 36.1 Å². The maximum absolute atomic E-state index is 12.6. The van der Waals surface area contributed by atoms with Gasteiger partial charge in [0.2, 0.25) is 11.8 Å². The van der Waals surface area contributed by atoms with Crippen LogP contribution in [0.4, 0.5) is 5.69 Å². The lowest BCUT2D eigenvalue weighted by atomic mass is 9.95. The van der Waals surface area contributed by atoms with Crippen LogP contribution in [0.25, 0.3) is 0 Å². The van der Waals surface area contributed by atoms with Gasteiger partial charge in [-0.25, -0.2) is 0 Å². The van der Waals surface area contributed by atoms with E-state index in [0.717, 1.165) is 5.69 Å². The molecule has 29 heavy (non-hydrogen) atoms. The lowest BCUT2D eigenvalue weighted by Crippen LogP contribution is -2.44. The van der Waals surface area contributed by atoms with Crippen LogP contribution in [0.3, 0.4) is 0 Å². The molecule has 0 aromatic heterocycles. The van der Waals surface area contributed by atoms with Crippen molar-refractivity contribution in [3.63, 3.8) is 0 Å². The van der Waals surface area contributed by atoms with Crippen LogP contribution in [-0.4, -0.2) is 41.8 Å². The number of amides is 3. The Labute approximate surface area is 171 Å². The number of carbonyl (C=O) groups excluding carboxylic acids is 3. The number of hydrogen-bond donors (Lipinski definition) is 2. The largest absolute Gasteiger partial charge is 0.349 e. The van der Waals surface area contributed by atoms with E-state index in [1.165, 1.54) is 0 Å². The van der Waals surface area contributed by atoms with Crippen LogP contribution in [0, 0.1) is 5.92 Å². The van der Waals surface area contributed by atoms with Gasteiger partial charge in [0.15, 0.2) is 0 Å². The number of anilines is 1. The van der Waals surface area contributed by atoms with Crippen LogP contribution in [0.5, 0.6) is 0 Å². The first-order chi connectivity index (χ1) is 14.0. The van der Waals surface area contributed by atoms with Gasteiger partial charge in [0.1, 0.15) is 0 Å². The van der Waals surface area contributed by atoms with E-state index in [1.807, 2.05) is 55.5 Å². The van der Waals surface area contributed by atoms with Crippen LogP contribution < -0.4 is 10.6 Å². The number of piperidine rings is 1. The minimum absolute atomic E-state index is 0.00629. The molecule has 3 rings (SSSR count). The second-order valence-electron chi connectivity index (χ2n) is 7.45. The number of carbonyl (C=O) groups is 3. The Morgan fingerprint density at radius 2 is 1.55 bits per heavy atom. The normalized spacial score (nSPS) is 15.4. The van der Waals surface area contributed by atoms with Gasteiger partial charge in [0.25, 0.3) is 5.91 Å². The molecule has 0 bridgehead atoms. The Balaban J connectivity index is 1.42. The predicted octanol–water partition coefficient (Wildman–Crippen LogP) is 3.07. The molecule has 152 valence electrons. The maximum atomic E-state index is 12.6. The van der Waals surface area contributed by atoms with Gasteiger partial charge in [-0.15, -0.1) is 0 Å². The molecule has 6 nitrogen and oxygen atoms in total. The molecule has 0 spiro atoms. The summed E-state index contributed by atoms with van der Waals surface area (Å²) in [6, 6.07) is 18.1. The van der Waals surface area contributed by atoms with Gasteiger partial charge in [-0.1, -0.05) is 36.4 Å². The highest BCUT2D eigenvalue weighted by Crippen LogP contribution is 2.20. The number of benzene rings is 2. The first-order valence-electron chi connectivity index (χ1n) is 10.0. The maximum Gasteiger partial charge on any atom is 0.251 e. The SMILES string of the molecule is CC(CC(=O)N1CCC(C(=O)Nc2ccccc2)CC1)NC(=O)c1ccccc1. The van der Waals surface area contributed by atoms with Gasteiger partial charge in [-0.3, -0.25) is 14.4 Å². The topological polar surface area (TPSA) is 78.5 Å². The van der Waals surface area contributed by atoms with Crippen LogP contribution in [0.1, 0.15) is 36.5 Å². The summed E-state index contributed by atoms with van der Waals surface area (Å²) in [5.74, 6) is -0.253. The molecule has 3 amide bonds. The number of likely N-dealkylation sites (tertiary alicyclic amines) is 1. The molecule has 1 heterocycles. The molecule has 0 aliphatic carbocycles. The van der Waals surface area contributed by atoms with Crippen molar-refractivity contribution in [2.45, 2.75) is 32.2 Å². The monoisotopic (exact) mass is 393 g/mol. The average Bonchev–Trinajstić information content (AvgIpc) is 2.75. The average molecular weight is 393 g/mol. The van der Waals surface area contributed by atoms with Crippen LogP contribution in [0.15, 0.2) is 60.7 Å². The van der Waals surface area contributed by atoms with Crippen molar-refractivity contribution in [1.29, 1.82) is 0 Å². The van der Waals surface area contributed by atoms with E-state index in [1.54, 1.807) is 17.0 Å². The molecule has 2 aromatic rings. The zero-order valence-corrected chi connectivity index (χ0v) is 16.6. The molecule has 2 N–H and O–H groups in total. The molecule has 6 heteroatoms. The van der Waals surface area contributed by atoms with E-state index < -0.39 is 0 Å². The Kier molecular flexibility index (Phi) is 7.00. The minimum Gasteiger partial charge on any atom is -0.349 e. The first kappa shape index (κ1) is 20.6. The van der Waals surface area contributed by atoms with Crippen LogP contribution in [-0.2, 0) is 9.59 Å². The van der Waals surface area contributed by atoms with E-state index in [9.17, 15) is 14.4 Å². The Bertz CT molecular complexity index is 831. The number of hydrogen-bond acceptors (Lipinski definition) is 3. The standard InChI is InChI=1S/C23H27N3O3/c1-17(24-22(28)18-8-4-2-5-9-18)16-21(27)26-14-12-19(13-15-26)23(29)25-20-10-6-3-7-11-20/h2-11,17,19H,12-16H2,1H3,(H,24,28)(H,25,29). The highest BCUT2D eigenvalue weighted by atomic mass is 16.2. The second kappa shape index (κ2) is 9.87. The minimum atomic E-state index is -0.255. The molecule has 1 fully saturated rings. The summed E-state index contributed by atoms with van der Waals surface area (Å²) >= 11 is 0. The number of rotatable bonds is 6. The zero-order valence-electron chi connectivity index (χ0n) is 16.6. The molecule has 1 saturated heterocycles. The van der Waals surface area contributed by atoms with Crippen molar-refractivity contribution >= 4 is 23.4 Å². The van der Waals surface area contributed by atoms with Gasteiger partial charge in [0, 0.05) is 42.7 Å². The second-order valence-corrected chi connectivity index (χ2v) is 7.45. The van der Waals surface area contributed by atoms with Gasteiger partial charge < -0.3 is 15.5 Å². The summed E-state index contributed by atoms with van der Waals surface area (Å²) in [6.07, 6.45) is 1.55. The number of nitrogens with one attached hydrogen (secondary N) is 2. The van der Waals surface area contributed by atoms with Crippen molar-refractivity contribution in [2.75, 3.05) is 18.4 Å². The lowest BCUT2D eigenvalue weighted by Gasteiger charge is -2.32. The van der Waals surface area contributed by atoms with E-state index in [0.29, 0.717) is 31.5 Å². The fourth-order valence-electron chi connectivity index (χ4n) is 3.50. The van der Waals surface area contributed by atoms with E-state index in [4.69, 9.17) is 0 Å². The highest BCUT2D eigenvalue weighted by Gasteiger charge is 2.28. The Hall–Kier alpha value is -3.15. The third kappa shape index (κ3) is 5.91. The Morgan fingerprint density at radius 3 is 2.17 bits per heavy atom. The van der Waals surface area contributed by atoms with E-state index in [2.05, 4.69) is 10.6 Å². The predicted molar refractivity (Wildman–Crippen MR) is 112 cm³/mol. The third-order valence-corrected chi connectivity index (χ3v) is 5.15. The summed E-state index contributed by atoms with van der Waals surface area (Å²) in [7, 11) is 0. The highest BCUT2D eigenvalue weighted by molar-refractivity contribution is 5.94. The van der Waals surface area contributed by atoms with Crippen molar-refractivity contribution in [2.24, 2.45) is 5.92 Å². The van der Waals surface area contributed by atoms with Crippen molar-refractivity contribution in [1.82, 2.24) is 10.2 Å². The fourth-order valence-corrected chi connectivity index (χ4v) is 3.50. The first-order valence-corrected chi connectivity index (χ1v) is 10.0. The number of nitrogens with zero attached hydrogens (tertiary/aromatic N) is 1. The molecule has 1 atom stereocenters. The van der Waals surface area contributed by atoms with Gasteiger partial charge >= 0.3 is 0 Å². The lowest BCUT2D eigenvalue weighted by molar-refractivity contribution is -0.134. The third-order valence-electron chi connectivity index (χ3n) is 5.15. The quantitative estimate of drug-likeness (QED) is 0.792. The van der Waals surface area contributed by atoms with E-state index >= 15 is 0 Å². The molecule has 1 aliphatic heterocycles.